The maximum Gasteiger partial charge on any atom is 0.115 e. The SMILES string of the molecule is Oc1ccc(NCc2ccccc2)cc1.[Cl-]. The van der Waals surface area contributed by atoms with Gasteiger partial charge in [-0.3, -0.25) is 0 Å². The lowest BCUT2D eigenvalue weighted by Crippen LogP contribution is -3.00. The molecule has 2 aromatic carbocycles. The summed E-state index contributed by atoms with van der Waals surface area (Å²) in [4.78, 5) is 0. The monoisotopic (exact) mass is 234 g/mol. The summed E-state index contributed by atoms with van der Waals surface area (Å²) in [6.07, 6.45) is 0. The molecule has 16 heavy (non-hydrogen) atoms. The van der Waals surface area contributed by atoms with Crippen LogP contribution in [0.25, 0.3) is 0 Å². The third-order valence-corrected chi connectivity index (χ3v) is 2.21. The number of hydrogen-bond acceptors (Lipinski definition) is 2. The normalized spacial score (nSPS) is 9.25. The van der Waals surface area contributed by atoms with Gasteiger partial charge in [-0.05, 0) is 29.8 Å². The molecule has 0 heterocycles. The Morgan fingerprint density at radius 1 is 0.875 bits per heavy atom. The van der Waals surface area contributed by atoms with Gasteiger partial charge >= 0.3 is 0 Å². The second-order valence-electron chi connectivity index (χ2n) is 3.39. The van der Waals surface area contributed by atoms with Crippen molar-refractivity contribution in [3.8, 4) is 5.75 Å². The highest BCUT2D eigenvalue weighted by Crippen LogP contribution is 2.14. The fourth-order valence-corrected chi connectivity index (χ4v) is 1.38. The lowest BCUT2D eigenvalue weighted by molar-refractivity contribution is -0.00000403. The summed E-state index contributed by atoms with van der Waals surface area (Å²) in [5.41, 5.74) is 2.25. The number of phenolic OH excluding ortho intramolecular Hbond substituents is 1. The minimum atomic E-state index is 0. The molecular formula is C13H13ClNO-. The smallest absolute Gasteiger partial charge is 0.115 e. The molecule has 2 nitrogen and oxygen atoms in total. The minimum absolute atomic E-state index is 0. The van der Waals surface area contributed by atoms with Crippen LogP contribution in [0.3, 0.4) is 0 Å². The number of anilines is 1. The highest BCUT2D eigenvalue weighted by molar-refractivity contribution is 5.46. The van der Waals surface area contributed by atoms with Gasteiger partial charge in [-0.1, -0.05) is 30.3 Å². The summed E-state index contributed by atoms with van der Waals surface area (Å²) in [6.45, 7) is 0.797. The van der Waals surface area contributed by atoms with Crippen molar-refractivity contribution in [2.75, 3.05) is 5.32 Å². The number of benzene rings is 2. The fraction of sp³-hybridized carbons (Fsp3) is 0.0769. The Morgan fingerprint density at radius 3 is 2.12 bits per heavy atom. The van der Waals surface area contributed by atoms with E-state index in [2.05, 4.69) is 17.4 Å². The largest absolute Gasteiger partial charge is 1.00 e. The zero-order valence-corrected chi connectivity index (χ0v) is 9.48. The van der Waals surface area contributed by atoms with E-state index in [0.717, 1.165) is 12.2 Å². The van der Waals surface area contributed by atoms with Crippen LogP contribution in [0.5, 0.6) is 5.75 Å². The van der Waals surface area contributed by atoms with Crippen LogP contribution < -0.4 is 17.7 Å². The molecule has 0 atom stereocenters. The third kappa shape index (κ3) is 3.48. The van der Waals surface area contributed by atoms with E-state index in [1.54, 1.807) is 12.1 Å². The van der Waals surface area contributed by atoms with E-state index in [1.807, 2.05) is 30.3 Å². The zero-order chi connectivity index (χ0) is 10.5. The Balaban J connectivity index is 0.00000128. The summed E-state index contributed by atoms with van der Waals surface area (Å²) >= 11 is 0. The van der Waals surface area contributed by atoms with Crippen molar-refractivity contribution in [2.24, 2.45) is 0 Å². The first kappa shape index (κ1) is 12.4. The van der Waals surface area contributed by atoms with E-state index in [4.69, 9.17) is 5.11 Å². The van der Waals surface area contributed by atoms with E-state index in [-0.39, 0.29) is 12.4 Å². The predicted molar refractivity (Wildman–Crippen MR) is 61.9 cm³/mol. The molecule has 2 aromatic rings. The topological polar surface area (TPSA) is 32.3 Å². The molecule has 3 heteroatoms. The van der Waals surface area contributed by atoms with Gasteiger partial charge in [0.05, 0.1) is 0 Å². The number of hydrogen-bond donors (Lipinski definition) is 2. The highest BCUT2D eigenvalue weighted by Gasteiger charge is 1.93. The predicted octanol–water partition coefficient (Wildman–Crippen LogP) is 0.00830. The van der Waals surface area contributed by atoms with E-state index >= 15 is 0 Å². The van der Waals surface area contributed by atoms with Crippen LogP contribution in [0.15, 0.2) is 54.6 Å². The van der Waals surface area contributed by atoms with Gasteiger partial charge in [-0.15, -0.1) is 0 Å². The van der Waals surface area contributed by atoms with Gasteiger partial charge < -0.3 is 22.8 Å². The van der Waals surface area contributed by atoms with E-state index in [0.29, 0.717) is 5.75 Å². The third-order valence-electron chi connectivity index (χ3n) is 2.21. The van der Waals surface area contributed by atoms with Crippen molar-refractivity contribution in [1.29, 1.82) is 0 Å². The Labute approximate surface area is 101 Å². The average Bonchev–Trinajstić information content (AvgIpc) is 2.30. The van der Waals surface area contributed by atoms with E-state index in [9.17, 15) is 0 Å². The Hall–Kier alpha value is -1.67. The molecule has 0 amide bonds. The van der Waals surface area contributed by atoms with E-state index < -0.39 is 0 Å². The van der Waals surface area contributed by atoms with Crippen LogP contribution >= 0.6 is 0 Å². The first-order valence-electron chi connectivity index (χ1n) is 4.91. The van der Waals surface area contributed by atoms with Crippen LogP contribution in [-0.4, -0.2) is 5.11 Å². The lowest BCUT2D eigenvalue weighted by Gasteiger charge is -2.06. The number of phenols is 1. The molecule has 0 aliphatic rings. The molecule has 0 unspecified atom stereocenters. The molecule has 0 aromatic heterocycles. The molecule has 0 fully saturated rings. The Kier molecular flexibility index (Phi) is 4.67. The van der Waals surface area contributed by atoms with Crippen molar-refractivity contribution in [3.05, 3.63) is 60.2 Å². The van der Waals surface area contributed by atoms with Gasteiger partial charge in [0.2, 0.25) is 0 Å². The number of rotatable bonds is 3. The van der Waals surface area contributed by atoms with Crippen molar-refractivity contribution in [2.45, 2.75) is 6.54 Å². The van der Waals surface area contributed by atoms with Gasteiger partial charge in [-0.25, -0.2) is 0 Å². The van der Waals surface area contributed by atoms with Crippen LogP contribution in [0.4, 0.5) is 5.69 Å². The molecule has 0 aliphatic carbocycles. The molecule has 0 saturated carbocycles. The van der Waals surface area contributed by atoms with Crippen LogP contribution in [0.1, 0.15) is 5.56 Å². The van der Waals surface area contributed by atoms with Crippen molar-refractivity contribution >= 4 is 5.69 Å². The van der Waals surface area contributed by atoms with Gasteiger partial charge in [0.15, 0.2) is 0 Å². The van der Waals surface area contributed by atoms with Crippen LogP contribution in [0, 0.1) is 0 Å². The second kappa shape index (κ2) is 6.03. The molecular weight excluding hydrogens is 222 g/mol. The number of aromatic hydroxyl groups is 1. The molecule has 0 aliphatic heterocycles. The lowest BCUT2D eigenvalue weighted by atomic mass is 10.2. The van der Waals surface area contributed by atoms with Gasteiger partial charge in [0.1, 0.15) is 5.75 Å². The molecule has 0 spiro atoms. The summed E-state index contributed by atoms with van der Waals surface area (Å²) in [7, 11) is 0. The zero-order valence-electron chi connectivity index (χ0n) is 8.73. The maximum atomic E-state index is 9.11. The molecule has 84 valence electrons. The quantitative estimate of drug-likeness (QED) is 0.734. The van der Waals surface area contributed by atoms with Gasteiger partial charge in [0.25, 0.3) is 0 Å². The van der Waals surface area contributed by atoms with Gasteiger partial charge in [0, 0.05) is 12.2 Å². The molecule has 2 rings (SSSR count). The maximum absolute atomic E-state index is 9.11. The van der Waals surface area contributed by atoms with Crippen molar-refractivity contribution in [1.82, 2.24) is 0 Å². The van der Waals surface area contributed by atoms with E-state index in [1.165, 1.54) is 5.56 Å². The molecule has 0 radical (unpaired) electrons. The minimum Gasteiger partial charge on any atom is -1.00 e. The molecule has 2 N–H and O–H groups in total. The van der Waals surface area contributed by atoms with Crippen LogP contribution in [-0.2, 0) is 6.54 Å². The Bertz CT molecular complexity index is 414. The first-order chi connectivity index (χ1) is 7.34. The standard InChI is InChI=1S/C13H13NO.ClH/c15-13-8-6-12(7-9-13)14-10-11-4-2-1-3-5-11;/h1-9,14-15H,10H2;1H/p-1. The average molecular weight is 235 g/mol. The number of nitrogens with one attached hydrogen (secondary N) is 1. The van der Waals surface area contributed by atoms with Crippen molar-refractivity contribution < 1.29 is 17.5 Å². The van der Waals surface area contributed by atoms with Gasteiger partial charge in [-0.2, -0.15) is 0 Å². The summed E-state index contributed by atoms with van der Waals surface area (Å²) in [5.74, 6) is 0.292. The molecule has 0 saturated heterocycles. The fourth-order valence-electron chi connectivity index (χ4n) is 1.38. The molecule has 0 bridgehead atoms. The second-order valence-corrected chi connectivity index (χ2v) is 3.39. The summed E-state index contributed by atoms with van der Waals surface area (Å²) < 4.78 is 0. The first-order valence-corrected chi connectivity index (χ1v) is 4.91. The van der Waals surface area contributed by atoms with Crippen LogP contribution in [0.2, 0.25) is 0 Å². The summed E-state index contributed by atoms with van der Waals surface area (Å²) in [5, 5.41) is 12.4. The number of halogens is 1. The highest BCUT2D eigenvalue weighted by atomic mass is 35.5. The summed E-state index contributed by atoms with van der Waals surface area (Å²) in [6, 6.07) is 17.3. The Morgan fingerprint density at radius 2 is 1.50 bits per heavy atom. The van der Waals surface area contributed by atoms with Crippen molar-refractivity contribution in [3.63, 3.8) is 0 Å².